The molecule has 0 saturated carbocycles. The van der Waals surface area contributed by atoms with Gasteiger partial charge in [0.15, 0.2) is 0 Å². The lowest BCUT2D eigenvalue weighted by Gasteiger charge is -2.26. The Hall–Kier alpha value is -5.37. The van der Waals surface area contributed by atoms with Crippen LogP contribution in [0, 0.1) is 0 Å². The zero-order chi connectivity index (χ0) is 35.1. The molecule has 0 saturated heterocycles. The summed E-state index contributed by atoms with van der Waals surface area (Å²) in [7, 11) is 4.99. The summed E-state index contributed by atoms with van der Waals surface area (Å²) in [4.78, 5) is 54.3. The van der Waals surface area contributed by atoms with Gasteiger partial charge in [-0.2, -0.15) is 0 Å². The van der Waals surface area contributed by atoms with Crippen molar-refractivity contribution in [2.75, 3.05) is 90.8 Å². The second-order valence-electron chi connectivity index (χ2n) is 10.0. The van der Waals surface area contributed by atoms with E-state index in [1.807, 2.05) is 0 Å². The Morgan fingerprint density at radius 3 is 1.67 bits per heavy atom. The van der Waals surface area contributed by atoms with Crippen LogP contribution in [0.15, 0.2) is 47.6 Å². The van der Waals surface area contributed by atoms with Crippen molar-refractivity contribution in [3.63, 3.8) is 0 Å². The molecular weight excluding hydrogens is 630 g/mol. The lowest BCUT2D eigenvalue weighted by atomic mass is 10.2. The molecule has 0 radical (unpaired) electrons. The molecule has 0 spiro atoms. The lowest BCUT2D eigenvalue weighted by molar-refractivity contribution is -0.141. The van der Waals surface area contributed by atoms with Crippen LogP contribution in [0.3, 0.4) is 0 Å². The third-order valence-electron chi connectivity index (χ3n) is 6.75. The first-order chi connectivity index (χ1) is 23.3. The zero-order valence-electron chi connectivity index (χ0n) is 27.8. The number of anilines is 2. The summed E-state index contributed by atoms with van der Waals surface area (Å²) in [5.41, 5.74) is 9.26. The second kappa shape index (κ2) is 22.2. The van der Waals surface area contributed by atoms with Gasteiger partial charge in [-0.15, -0.1) is 0 Å². The van der Waals surface area contributed by atoms with Crippen molar-refractivity contribution in [1.82, 2.24) is 0 Å². The van der Waals surface area contributed by atoms with Crippen molar-refractivity contribution < 1.29 is 52.3 Å². The van der Waals surface area contributed by atoms with E-state index in [-0.39, 0.29) is 39.4 Å². The maximum atomic E-state index is 12.2. The molecule has 2 aromatic carbocycles. The van der Waals surface area contributed by atoms with Gasteiger partial charge in [0.2, 0.25) is 0 Å². The number of hydrogen-bond acceptors (Lipinski definition) is 14. The summed E-state index contributed by atoms with van der Waals surface area (Å²) in [6.45, 7) is 0.0128. The van der Waals surface area contributed by atoms with E-state index in [2.05, 4.69) is 10.0 Å². The number of hydrogen-bond donors (Lipinski definition) is 0. The van der Waals surface area contributed by atoms with Crippen molar-refractivity contribution in [2.45, 2.75) is 25.7 Å². The molecule has 0 N–H and O–H groups in total. The number of esters is 4. The van der Waals surface area contributed by atoms with Gasteiger partial charge < -0.3 is 43.0 Å². The summed E-state index contributed by atoms with van der Waals surface area (Å²) < 4.78 is 37.3. The number of carbonyl (C=O) groups excluding carboxylic acids is 4. The maximum Gasteiger partial charge on any atom is 0.325 e. The fraction of sp³-hybridized carbons (Fsp3) is 0.500. The van der Waals surface area contributed by atoms with Crippen LogP contribution in [0.2, 0.25) is 0 Å². The Morgan fingerprint density at radius 1 is 0.625 bits per heavy atom. The van der Waals surface area contributed by atoms with Gasteiger partial charge in [0.1, 0.15) is 56.6 Å². The third-order valence-corrected chi connectivity index (χ3v) is 6.75. The highest BCUT2D eigenvalue weighted by molar-refractivity contribution is 5.83. The molecule has 0 fully saturated rings. The van der Waals surface area contributed by atoms with Crippen LogP contribution in [-0.2, 0) is 38.1 Å². The van der Waals surface area contributed by atoms with Gasteiger partial charge in [0.25, 0.3) is 0 Å². The highest BCUT2D eigenvalue weighted by Gasteiger charge is 2.22. The average Bonchev–Trinajstić information content (AvgIpc) is 3.10. The minimum atomic E-state index is -0.575. The van der Waals surface area contributed by atoms with Gasteiger partial charge in [-0.3, -0.25) is 19.2 Å². The van der Waals surface area contributed by atoms with Crippen LogP contribution >= 0.6 is 0 Å². The van der Waals surface area contributed by atoms with Gasteiger partial charge in [0.05, 0.1) is 46.4 Å². The van der Waals surface area contributed by atoms with E-state index in [1.54, 1.807) is 42.5 Å². The number of methoxy groups -OCH3 is 4. The fourth-order valence-corrected chi connectivity index (χ4v) is 4.31. The summed E-state index contributed by atoms with van der Waals surface area (Å²) in [5, 5.41) is 3.53. The number of para-hydroxylation sites is 2. The fourth-order valence-electron chi connectivity index (χ4n) is 4.31. The molecular formula is C32H43N5O11. The smallest absolute Gasteiger partial charge is 0.325 e. The first-order valence-corrected chi connectivity index (χ1v) is 15.2. The second-order valence-corrected chi connectivity index (χ2v) is 10.0. The summed E-state index contributed by atoms with van der Waals surface area (Å²) in [6.07, 6.45) is 3.37. The highest BCUT2D eigenvalue weighted by atomic mass is 16.5. The first-order valence-electron chi connectivity index (χ1n) is 15.2. The Balaban J connectivity index is 2.22. The van der Waals surface area contributed by atoms with Gasteiger partial charge in [0, 0.05) is 17.5 Å². The number of unbranched alkanes of at least 4 members (excludes halogenated alkanes) is 3. The maximum absolute atomic E-state index is 12.2. The average molecular weight is 674 g/mol. The molecule has 0 aromatic heterocycles. The number of nitrogens with zero attached hydrogens (tertiary/aromatic N) is 5. The predicted molar refractivity (Wildman–Crippen MR) is 174 cm³/mol. The molecule has 2 aromatic rings. The quantitative estimate of drug-likeness (QED) is 0.0415. The molecule has 0 aliphatic heterocycles. The van der Waals surface area contributed by atoms with Gasteiger partial charge >= 0.3 is 23.9 Å². The highest BCUT2D eigenvalue weighted by Crippen LogP contribution is 2.33. The number of carbonyl (C=O) groups is 4. The summed E-state index contributed by atoms with van der Waals surface area (Å²) in [6, 6.07) is 11.9. The molecule has 0 amide bonds. The van der Waals surface area contributed by atoms with E-state index in [9.17, 15) is 19.2 Å². The summed E-state index contributed by atoms with van der Waals surface area (Å²) in [5.74, 6) is -1.07. The van der Waals surface area contributed by atoms with Crippen LogP contribution in [0.5, 0.6) is 17.2 Å². The van der Waals surface area contributed by atoms with Crippen molar-refractivity contribution >= 4 is 35.3 Å². The van der Waals surface area contributed by atoms with Gasteiger partial charge in [-0.25, -0.2) is 0 Å². The Morgan fingerprint density at radius 2 is 1.12 bits per heavy atom. The van der Waals surface area contributed by atoms with Crippen LogP contribution < -0.4 is 24.0 Å². The van der Waals surface area contributed by atoms with E-state index in [4.69, 9.17) is 38.7 Å². The van der Waals surface area contributed by atoms with E-state index in [1.165, 1.54) is 38.2 Å². The molecule has 0 unspecified atom stereocenters. The molecule has 0 bridgehead atoms. The molecule has 2 rings (SSSR count). The monoisotopic (exact) mass is 673 g/mol. The predicted octanol–water partition coefficient (Wildman–Crippen LogP) is 3.70. The molecule has 0 aliphatic rings. The molecule has 16 heteroatoms. The van der Waals surface area contributed by atoms with Crippen LogP contribution in [0.4, 0.5) is 11.4 Å². The van der Waals surface area contributed by atoms with Crippen LogP contribution in [-0.4, -0.2) is 105 Å². The largest absolute Gasteiger partial charge is 0.493 e. The molecule has 16 nitrogen and oxygen atoms in total. The van der Waals surface area contributed by atoms with Crippen molar-refractivity contribution in [3.05, 3.63) is 52.9 Å². The van der Waals surface area contributed by atoms with E-state index < -0.39 is 23.9 Å². The molecule has 262 valence electrons. The molecule has 0 heterocycles. The molecule has 0 atom stereocenters. The minimum Gasteiger partial charge on any atom is -0.493 e. The topological polar surface area (TPSA) is 188 Å². The van der Waals surface area contributed by atoms with E-state index in [0.29, 0.717) is 41.8 Å². The van der Waals surface area contributed by atoms with Crippen molar-refractivity contribution in [2.24, 2.45) is 5.11 Å². The standard InChI is InChI=1S/C32H43N5O11/c1-42-29(38)20-36(21-30(39)43-2)25-11-7-8-12-27(25)47-17-18-48-28-19-24(46-16-10-6-5-9-15-34-35-33)13-14-26(28)37(22-31(40)44-3)23-32(41)45-4/h7-8,11-14,19H,5-6,9-10,15-18,20-23H2,1-4H3. The Labute approximate surface area is 279 Å². The number of azide groups is 1. The van der Waals surface area contributed by atoms with Crippen molar-refractivity contribution in [1.29, 1.82) is 0 Å². The SMILES string of the molecule is COC(=O)CN(CC(=O)OC)c1ccccc1OCCOc1cc(OCCCCCCN=[N+]=[N-])ccc1N(CC(=O)OC)CC(=O)OC. The Kier molecular flexibility index (Phi) is 18.0. The molecule has 0 aliphatic carbocycles. The number of ether oxygens (including phenoxy) is 7. The number of rotatable bonds is 23. The Bertz CT molecular complexity index is 1350. The van der Waals surface area contributed by atoms with Crippen LogP contribution in [0.1, 0.15) is 25.7 Å². The normalized spacial score (nSPS) is 10.2. The third kappa shape index (κ3) is 14.0. The van der Waals surface area contributed by atoms with Crippen molar-refractivity contribution in [3.8, 4) is 17.2 Å². The zero-order valence-corrected chi connectivity index (χ0v) is 27.8. The van der Waals surface area contributed by atoms with Crippen LogP contribution in [0.25, 0.3) is 10.4 Å². The minimum absolute atomic E-state index is 0.0221. The first kappa shape index (κ1) is 38.8. The van der Waals surface area contributed by atoms with E-state index >= 15 is 0 Å². The lowest BCUT2D eigenvalue weighted by Crippen LogP contribution is -2.36. The molecule has 48 heavy (non-hydrogen) atoms. The van der Waals surface area contributed by atoms with E-state index in [0.717, 1.165) is 25.7 Å². The van der Waals surface area contributed by atoms with Gasteiger partial charge in [-0.1, -0.05) is 30.1 Å². The van der Waals surface area contributed by atoms with Gasteiger partial charge in [-0.05, 0) is 42.6 Å². The number of benzene rings is 2. The summed E-state index contributed by atoms with van der Waals surface area (Å²) >= 11 is 0.